The zero-order valence-corrected chi connectivity index (χ0v) is 16.6. The molecule has 1 aromatic rings. The van der Waals surface area contributed by atoms with Crippen molar-refractivity contribution >= 4 is 11.9 Å². The molecule has 2 atom stereocenters. The van der Waals surface area contributed by atoms with E-state index in [9.17, 15) is 9.59 Å². The zero-order chi connectivity index (χ0) is 20.1. The lowest BCUT2D eigenvalue weighted by Gasteiger charge is -2.21. The highest BCUT2D eigenvalue weighted by Crippen LogP contribution is 2.21. The van der Waals surface area contributed by atoms with Crippen molar-refractivity contribution in [3.05, 3.63) is 35.9 Å². The van der Waals surface area contributed by atoms with Gasteiger partial charge in [0.15, 0.2) is 0 Å². The van der Waals surface area contributed by atoms with Gasteiger partial charge in [-0.05, 0) is 12.0 Å². The van der Waals surface area contributed by atoms with Crippen LogP contribution in [0.1, 0.15) is 32.3 Å². The molecule has 1 aromatic carbocycles. The van der Waals surface area contributed by atoms with Crippen LogP contribution in [0.2, 0.25) is 0 Å². The number of nitrogens with two attached hydrogens (primary N) is 1. The molecule has 1 aliphatic rings. The van der Waals surface area contributed by atoms with Crippen LogP contribution in [0.25, 0.3) is 0 Å². The third-order valence-electron chi connectivity index (χ3n) is 4.13. The summed E-state index contributed by atoms with van der Waals surface area (Å²) < 4.78 is 16.1. The minimum absolute atomic E-state index is 0.131. The summed E-state index contributed by atoms with van der Waals surface area (Å²) in [6.45, 7) is 5.91. The molecule has 7 nitrogen and oxygen atoms in total. The fraction of sp³-hybridized carbons (Fsp3) is 0.600. The van der Waals surface area contributed by atoms with Gasteiger partial charge < -0.3 is 24.8 Å². The van der Waals surface area contributed by atoms with Crippen LogP contribution in [-0.2, 0) is 30.4 Å². The van der Waals surface area contributed by atoms with Gasteiger partial charge in [-0.25, -0.2) is 4.79 Å². The summed E-state index contributed by atoms with van der Waals surface area (Å²) in [6.07, 6.45) is 0.995. The quantitative estimate of drug-likeness (QED) is 0.518. The van der Waals surface area contributed by atoms with Crippen molar-refractivity contribution in [1.29, 1.82) is 0 Å². The van der Waals surface area contributed by atoms with Crippen LogP contribution >= 0.6 is 0 Å². The number of nitrogens with zero attached hydrogens (tertiary/aromatic N) is 1. The Labute approximate surface area is 161 Å². The van der Waals surface area contributed by atoms with Crippen LogP contribution in [-0.4, -0.2) is 62.3 Å². The largest absolute Gasteiger partial charge is 0.467 e. The molecule has 0 saturated carbocycles. The molecule has 1 saturated heterocycles. The Bertz CT molecular complexity index is 529. The zero-order valence-electron chi connectivity index (χ0n) is 16.6. The van der Waals surface area contributed by atoms with E-state index < -0.39 is 12.0 Å². The lowest BCUT2D eigenvalue weighted by molar-refractivity contribution is -0.150. The van der Waals surface area contributed by atoms with Crippen LogP contribution in [0, 0.1) is 0 Å². The number of rotatable bonds is 9. The van der Waals surface area contributed by atoms with E-state index in [4.69, 9.17) is 19.9 Å². The van der Waals surface area contributed by atoms with Crippen molar-refractivity contribution in [2.45, 2.75) is 45.4 Å². The molecule has 1 aliphatic heterocycles. The Kier molecular flexibility index (Phi) is 11.3. The number of benzene rings is 1. The fourth-order valence-electron chi connectivity index (χ4n) is 2.85. The average molecular weight is 380 g/mol. The number of amides is 1. The maximum absolute atomic E-state index is 11.9. The Hall–Kier alpha value is -1.96. The first-order valence-corrected chi connectivity index (χ1v) is 9.46. The molecule has 1 amide bonds. The predicted octanol–water partition coefficient (Wildman–Crippen LogP) is 1.74. The van der Waals surface area contributed by atoms with E-state index in [-0.39, 0.29) is 18.6 Å². The molecule has 2 unspecified atom stereocenters. The third-order valence-corrected chi connectivity index (χ3v) is 4.13. The number of methoxy groups -OCH3 is 1. The van der Waals surface area contributed by atoms with E-state index in [0.717, 1.165) is 12.0 Å². The minimum Gasteiger partial charge on any atom is -0.467 e. The normalized spacial score (nSPS) is 18.6. The van der Waals surface area contributed by atoms with Crippen molar-refractivity contribution in [2.24, 2.45) is 5.73 Å². The van der Waals surface area contributed by atoms with Crippen molar-refractivity contribution < 1.29 is 23.8 Å². The lowest BCUT2D eigenvalue weighted by Crippen LogP contribution is -2.44. The van der Waals surface area contributed by atoms with Crippen LogP contribution in [0.4, 0.5) is 0 Å². The third kappa shape index (κ3) is 7.66. The molecule has 0 aromatic heterocycles. The molecule has 0 radical (unpaired) electrons. The summed E-state index contributed by atoms with van der Waals surface area (Å²) in [5.74, 6) is -0.702. The van der Waals surface area contributed by atoms with Gasteiger partial charge in [-0.2, -0.15) is 0 Å². The van der Waals surface area contributed by atoms with Crippen molar-refractivity contribution in [3.8, 4) is 0 Å². The highest BCUT2D eigenvalue weighted by atomic mass is 16.5. The molecule has 7 heteroatoms. The first-order chi connectivity index (χ1) is 13.2. The summed E-state index contributed by atoms with van der Waals surface area (Å²) in [5, 5.41) is 0. The Morgan fingerprint density at radius 1 is 1.19 bits per heavy atom. The minimum atomic E-state index is -0.611. The molecule has 2 N–H and O–H groups in total. The summed E-state index contributed by atoms with van der Waals surface area (Å²) in [6, 6.07) is 9.36. The van der Waals surface area contributed by atoms with Gasteiger partial charge in [0, 0.05) is 26.2 Å². The molecule has 0 aliphatic carbocycles. The van der Waals surface area contributed by atoms with E-state index in [0.29, 0.717) is 32.8 Å². The molecule has 1 fully saturated rings. The van der Waals surface area contributed by atoms with Gasteiger partial charge in [0.2, 0.25) is 5.91 Å². The molecule has 1 heterocycles. The topological polar surface area (TPSA) is 91.1 Å². The maximum Gasteiger partial charge on any atom is 0.328 e. The van der Waals surface area contributed by atoms with Crippen LogP contribution in [0.3, 0.4) is 0 Å². The summed E-state index contributed by atoms with van der Waals surface area (Å²) in [4.78, 5) is 25.1. The van der Waals surface area contributed by atoms with Gasteiger partial charge in [0.05, 0.1) is 26.4 Å². The molecule has 2 rings (SSSR count). The number of carbonyl (C=O) groups excluding carboxylic acids is 2. The average Bonchev–Trinajstić information content (AvgIpc) is 3.16. The molecule has 152 valence electrons. The molecule has 0 bridgehead atoms. The van der Waals surface area contributed by atoms with E-state index in [1.54, 1.807) is 0 Å². The summed E-state index contributed by atoms with van der Waals surface area (Å²) in [7, 11) is 1.31. The van der Waals surface area contributed by atoms with E-state index >= 15 is 0 Å². The van der Waals surface area contributed by atoms with Crippen molar-refractivity contribution in [1.82, 2.24) is 4.90 Å². The number of ether oxygens (including phenoxy) is 3. The Morgan fingerprint density at radius 2 is 1.89 bits per heavy atom. The molecular formula is C20H32N2O5. The van der Waals surface area contributed by atoms with Gasteiger partial charge in [-0.3, -0.25) is 4.79 Å². The Balaban J connectivity index is 0.00000176. The number of esters is 1. The second-order valence-corrected chi connectivity index (χ2v) is 5.91. The maximum atomic E-state index is 11.9. The first kappa shape index (κ1) is 23.1. The number of likely N-dealkylation sites (tertiary alicyclic amines) is 1. The second-order valence-electron chi connectivity index (χ2n) is 5.91. The number of carbonyl (C=O) groups is 2. The molecular weight excluding hydrogens is 348 g/mol. The monoisotopic (exact) mass is 380 g/mol. The van der Waals surface area contributed by atoms with E-state index in [1.165, 1.54) is 12.0 Å². The Morgan fingerprint density at radius 3 is 2.52 bits per heavy atom. The standard InChI is InChI=1S/C18H26N2O5.C2H6/c1-23-18(22)16-10-15(12-20(16)17(21)11-19)25-9-5-8-24-13-14-6-3-2-4-7-14;1-2/h2-4,6-7,15-16H,5,8-13,19H2,1H3;1-2H3. The van der Waals surface area contributed by atoms with Gasteiger partial charge in [-0.15, -0.1) is 0 Å². The van der Waals surface area contributed by atoms with Gasteiger partial charge in [-0.1, -0.05) is 44.2 Å². The van der Waals surface area contributed by atoms with Crippen LogP contribution < -0.4 is 5.73 Å². The summed E-state index contributed by atoms with van der Waals surface area (Å²) >= 11 is 0. The number of hydrogen-bond donors (Lipinski definition) is 1. The predicted molar refractivity (Wildman–Crippen MR) is 103 cm³/mol. The first-order valence-electron chi connectivity index (χ1n) is 9.46. The second kappa shape index (κ2) is 13.2. The SMILES string of the molecule is CC.COC(=O)C1CC(OCCCOCc2ccccc2)CN1C(=O)CN. The lowest BCUT2D eigenvalue weighted by atomic mass is 10.2. The van der Waals surface area contributed by atoms with Gasteiger partial charge >= 0.3 is 5.97 Å². The smallest absolute Gasteiger partial charge is 0.328 e. The fourth-order valence-corrected chi connectivity index (χ4v) is 2.85. The van der Waals surface area contributed by atoms with Crippen LogP contribution in [0.15, 0.2) is 30.3 Å². The van der Waals surface area contributed by atoms with E-state index in [1.807, 2.05) is 44.2 Å². The highest BCUT2D eigenvalue weighted by molar-refractivity contribution is 5.86. The van der Waals surface area contributed by atoms with Gasteiger partial charge in [0.1, 0.15) is 6.04 Å². The summed E-state index contributed by atoms with van der Waals surface area (Å²) in [5.41, 5.74) is 6.54. The van der Waals surface area contributed by atoms with E-state index in [2.05, 4.69) is 0 Å². The van der Waals surface area contributed by atoms with Crippen molar-refractivity contribution in [3.63, 3.8) is 0 Å². The molecule has 0 spiro atoms. The molecule has 27 heavy (non-hydrogen) atoms. The number of hydrogen-bond acceptors (Lipinski definition) is 6. The highest BCUT2D eigenvalue weighted by Gasteiger charge is 2.40. The van der Waals surface area contributed by atoms with Crippen LogP contribution in [0.5, 0.6) is 0 Å². The van der Waals surface area contributed by atoms with Gasteiger partial charge in [0.25, 0.3) is 0 Å². The van der Waals surface area contributed by atoms with Crippen molar-refractivity contribution in [2.75, 3.05) is 33.4 Å².